The third kappa shape index (κ3) is 3.92. The number of methoxy groups -OCH3 is 1. The molecule has 0 spiro atoms. The Morgan fingerprint density at radius 2 is 2.22 bits per heavy atom. The summed E-state index contributed by atoms with van der Waals surface area (Å²) in [7, 11) is 3.28. The molecule has 18 heavy (non-hydrogen) atoms. The van der Waals surface area contributed by atoms with Gasteiger partial charge in [-0.15, -0.1) is 0 Å². The van der Waals surface area contributed by atoms with Crippen LogP contribution in [0, 0.1) is 5.92 Å². The van der Waals surface area contributed by atoms with Crippen molar-refractivity contribution in [3.63, 3.8) is 0 Å². The van der Waals surface area contributed by atoms with E-state index >= 15 is 0 Å². The second kappa shape index (κ2) is 6.86. The van der Waals surface area contributed by atoms with E-state index < -0.39 is 0 Å². The predicted octanol–water partition coefficient (Wildman–Crippen LogP) is 1.32. The van der Waals surface area contributed by atoms with Gasteiger partial charge in [-0.1, -0.05) is 6.92 Å². The topological polar surface area (TPSA) is 76.4 Å². The number of hydrogen-bond acceptors (Lipinski definition) is 4. The number of nitrogens with one attached hydrogen (secondary N) is 2. The van der Waals surface area contributed by atoms with Crippen molar-refractivity contribution < 1.29 is 9.53 Å². The van der Waals surface area contributed by atoms with Gasteiger partial charge in [-0.2, -0.15) is 0 Å². The molecule has 0 heterocycles. The monoisotopic (exact) mass is 251 g/mol. The van der Waals surface area contributed by atoms with Crippen molar-refractivity contribution >= 4 is 17.3 Å². The molecule has 0 aliphatic heterocycles. The van der Waals surface area contributed by atoms with Gasteiger partial charge in [0, 0.05) is 26.3 Å². The molecule has 1 rings (SSSR count). The van der Waals surface area contributed by atoms with Gasteiger partial charge in [-0.3, -0.25) is 4.79 Å². The first-order valence-corrected chi connectivity index (χ1v) is 5.93. The average molecular weight is 251 g/mol. The van der Waals surface area contributed by atoms with E-state index in [-0.39, 0.29) is 5.91 Å². The van der Waals surface area contributed by atoms with Gasteiger partial charge in [-0.05, 0) is 24.1 Å². The minimum atomic E-state index is -0.122. The minimum Gasteiger partial charge on any atom is -0.397 e. The molecule has 5 nitrogen and oxygen atoms in total. The minimum absolute atomic E-state index is 0.122. The zero-order chi connectivity index (χ0) is 13.5. The number of nitrogens with two attached hydrogens (primary N) is 1. The summed E-state index contributed by atoms with van der Waals surface area (Å²) >= 11 is 0. The number of benzene rings is 1. The third-order valence-corrected chi connectivity index (χ3v) is 2.63. The molecule has 5 heteroatoms. The number of nitrogen functional groups attached to an aromatic ring is 1. The van der Waals surface area contributed by atoms with Crippen molar-refractivity contribution in [2.45, 2.75) is 6.92 Å². The Morgan fingerprint density at radius 1 is 1.50 bits per heavy atom. The first-order chi connectivity index (χ1) is 8.58. The van der Waals surface area contributed by atoms with Gasteiger partial charge < -0.3 is 21.1 Å². The second-order valence-electron chi connectivity index (χ2n) is 4.32. The van der Waals surface area contributed by atoms with E-state index in [2.05, 4.69) is 17.6 Å². The van der Waals surface area contributed by atoms with Crippen LogP contribution in [-0.2, 0) is 4.74 Å². The summed E-state index contributed by atoms with van der Waals surface area (Å²) in [5.41, 5.74) is 7.87. The van der Waals surface area contributed by atoms with Crippen LogP contribution in [0.5, 0.6) is 0 Å². The highest BCUT2D eigenvalue weighted by Crippen LogP contribution is 2.20. The van der Waals surface area contributed by atoms with Gasteiger partial charge in [0.05, 0.1) is 18.0 Å². The second-order valence-corrected chi connectivity index (χ2v) is 4.32. The molecule has 0 radical (unpaired) electrons. The number of ether oxygens (including phenoxy) is 1. The highest BCUT2D eigenvalue weighted by molar-refractivity contribution is 5.96. The van der Waals surface area contributed by atoms with Gasteiger partial charge in [0.2, 0.25) is 0 Å². The fraction of sp³-hybridized carbons (Fsp3) is 0.462. The number of carbonyl (C=O) groups is 1. The third-order valence-electron chi connectivity index (χ3n) is 2.63. The summed E-state index contributed by atoms with van der Waals surface area (Å²) in [5.74, 6) is 0.251. The van der Waals surface area contributed by atoms with Crippen molar-refractivity contribution in [2.24, 2.45) is 5.92 Å². The lowest BCUT2D eigenvalue weighted by molar-refractivity contribution is 0.0963. The van der Waals surface area contributed by atoms with Crippen molar-refractivity contribution in [1.82, 2.24) is 5.32 Å². The van der Waals surface area contributed by atoms with Gasteiger partial charge in [0.25, 0.3) is 5.91 Å². The van der Waals surface area contributed by atoms with Crippen molar-refractivity contribution in [3.05, 3.63) is 23.8 Å². The Bertz CT molecular complexity index is 407. The number of anilines is 2. The van der Waals surface area contributed by atoms with Crippen molar-refractivity contribution in [1.29, 1.82) is 0 Å². The Balaban J connectivity index is 2.72. The van der Waals surface area contributed by atoms with Crippen LogP contribution in [0.2, 0.25) is 0 Å². The van der Waals surface area contributed by atoms with Crippen LogP contribution in [-0.4, -0.2) is 33.2 Å². The first kappa shape index (κ1) is 14.3. The van der Waals surface area contributed by atoms with Gasteiger partial charge in [0.15, 0.2) is 0 Å². The van der Waals surface area contributed by atoms with E-state index in [0.29, 0.717) is 23.8 Å². The summed E-state index contributed by atoms with van der Waals surface area (Å²) < 4.78 is 5.07. The van der Waals surface area contributed by atoms with Crippen LogP contribution in [0.4, 0.5) is 11.4 Å². The molecule has 100 valence electrons. The predicted molar refractivity (Wildman–Crippen MR) is 73.8 cm³/mol. The van der Waals surface area contributed by atoms with E-state index in [1.165, 1.54) is 0 Å². The summed E-state index contributed by atoms with van der Waals surface area (Å²) in [6.07, 6.45) is 0. The van der Waals surface area contributed by atoms with E-state index in [4.69, 9.17) is 10.5 Å². The van der Waals surface area contributed by atoms with Gasteiger partial charge in [0.1, 0.15) is 0 Å². The zero-order valence-electron chi connectivity index (χ0n) is 11.1. The lowest BCUT2D eigenvalue weighted by Crippen LogP contribution is -2.19. The maximum Gasteiger partial charge on any atom is 0.251 e. The molecule has 0 aliphatic rings. The van der Waals surface area contributed by atoms with Crippen LogP contribution in [0.3, 0.4) is 0 Å². The fourth-order valence-electron chi connectivity index (χ4n) is 1.62. The number of carbonyl (C=O) groups excluding carboxylic acids is 1. The fourth-order valence-corrected chi connectivity index (χ4v) is 1.62. The smallest absolute Gasteiger partial charge is 0.251 e. The Morgan fingerprint density at radius 3 is 2.83 bits per heavy atom. The number of rotatable bonds is 6. The Hall–Kier alpha value is -1.75. The Kier molecular flexibility index (Phi) is 5.45. The first-order valence-electron chi connectivity index (χ1n) is 5.93. The largest absolute Gasteiger partial charge is 0.397 e. The Labute approximate surface area is 108 Å². The van der Waals surface area contributed by atoms with Crippen molar-refractivity contribution in [3.8, 4) is 0 Å². The molecule has 1 aromatic carbocycles. The van der Waals surface area contributed by atoms with Gasteiger partial charge in [-0.25, -0.2) is 0 Å². The van der Waals surface area contributed by atoms with E-state index in [9.17, 15) is 4.79 Å². The molecule has 4 N–H and O–H groups in total. The summed E-state index contributed by atoms with van der Waals surface area (Å²) in [6.45, 7) is 3.51. The van der Waals surface area contributed by atoms with Crippen LogP contribution >= 0.6 is 0 Å². The maximum atomic E-state index is 11.5. The highest BCUT2D eigenvalue weighted by Gasteiger charge is 2.08. The molecule has 0 aliphatic carbocycles. The number of amides is 1. The van der Waals surface area contributed by atoms with Crippen LogP contribution in [0.25, 0.3) is 0 Å². The number of hydrogen-bond donors (Lipinski definition) is 3. The zero-order valence-corrected chi connectivity index (χ0v) is 11.1. The quantitative estimate of drug-likeness (QED) is 0.666. The van der Waals surface area contributed by atoms with Gasteiger partial charge >= 0.3 is 0 Å². The van der Waals surface area contributed by atoms with Crippen molar-refractivity contribution in [2.75, 3.05) is 38.4 Å². The molecular formula is C13H21N3O2. The molecule has 0 saturated carbocycles. The van der Waals surface area contributed by atoms with Crippen LogP contribution in [0.1, 0.15) is 17.3 Å². The molecule has 0 saturated heterocycles. The molecule has 0 aromatic heterocycles. The standard InChI is InChI=1S/C13H21N3O2/c1-9(8-18-3)7-16-12-6-10(13(17)15-2)4-5-11(12)14/h4-6,9,16H,7-8,14H2,1-3H3,(H,15,17). The van der Waals surface area contributed by atoms with E-state index in [1.54, 1.807) is 32.4 Å². The molecule has 1 amide bonds. The normalized spacial score (nSPS) is 11.9. The maximum absolute atomic E-state index is 11.5. The molecule has 0 bridgehead atoms. The van der Waals surface area contributed by atoms with Crippen LogP contribution in [0.15, 0.2) is 18.2 Å². The lowest BCUT2D eigenvalue weighted by atomic mass is 10.1. The lowest BCUT2D eigenvalue weighted by Gasteiger charge is -2.15. The highest BCUT2D eigenvalue weighted by atomic mass is 16.5. The summed E-state index contributed by atoms with van der Waals surface area (Å²) in [6, 6.07) is 5.19. The summed E-state index contributed by atoms with van der Waals surface area (Å²) in [4.78, 5) is 11.5. The van der Waals surface area contributed by atoms with E-state index in [1.807, 2.05) is 0 Å². The SMILES string of the molecule is CNC(=O)c1ccc(N)c(NCC(C)COC)c1. The summed E-state index contributed by atoms with van der Waals surface area (Å²) in [5, 5.41) is 5.82. The molecule has 1 unspecified atom stereocenters. The average Bonchev–Trinajstić information content (AvgIpc) is 2.37. The molecular weight excluding hydrogens is 230 g/mol. The van der Waals surface area contributed by atoms with E-state index in [0.717, 1.165) is 12.2 Å². The molecule has 1 aromatic rings. The molecule has 0 fully saturated rings. The molecule has 1 atom stereocenters. The van der Waals surface area contributed by atoms with Crippen LogP contribution < -0.4 is 16.4 Å².